The molecule has 0 atom stereocenters. The number of nitrogens with zero attached hydrogens (tertiary/aromatic N) is 2. The first-order chi connectivity index (χ1) is 13.4. The van der Waals surface area contributed by atoms with Gasteiger partial charge in [-0.2, -0.15) is 0 Å². The Morgan fingerprint density at radius 3 is 2.11 bits per heavy atom. The summed E-state index contributed by atoms with van der Waals surface area (Å²) < 4.78 is 12.9. The summed E-state index contributed by atoms with van der Waals surface area (Å²) >= 11 is 2.36. The van der Waals surface area contributed by atoms with E-state index in [0.717, 1.165) is 0 Å². The fourth-order valence-corrected chi connectivity index (χ4v) is 3.60. The van der Waals surface area contributed by atoms with E-state index in [1.807, 2.05) is 0 Å². The molecule has 3 aromatic rings. The monoisotopic (exact) mass is 419 g/mol. The maximum atomic E-state index is 12.9. The molecule has 0 aliphatic heterocycles. The second-order valence-corrected chi connectivity index (χ2v) is 7.33. The molecule has 8 nitrogen and oxygen atoms in total. The fraction of sp³-hybridized carbons (Fsp3) is 0.118. The van der Waals surface area contributed by atoms with E-state index in [2.05, 4.69) is 20.6 Å². The molecule has 0 radical (unpaired) electrons. The van der Waals surface area contributed by atoms with Crippen molar-refractivity contribution in [2.45, 2.75) is 12.8 Å². The van der Waals surface area contributed by atoms with Crippen LogP contribution < -0.4 is 16.4 Å². The molecule has 0 bridgehead atoms. The Hall–Kier alpha value is -3.18. The van der Waals surface area contributed by atoms with E-state index in [1.165, 1.54) is 46.9 Å². The van der Waals surface area contributed by atoms with Crippen molar-refractivity contribution < 1.29 is 18.8 Å². The smallest absolute Gasteiger partial charge is 0.257 e. The van der Waals surface area contributed by atoms with Crippen molar-refractivity contribution in [3.05, 3.63) is 57.8 Å². The number of benzene rings is 1. The summed E-state index contributed by atoms with van der Waals surface area (Å²) in [6.45, 7) is 0. The number of nitrogens with one attached hydrogen (secondary N) is 2. The Morgan fingerprint density at radius 2 is 1.50 bits per heavy atom. The lowest BCUT2D eigenvalue weighted by Gasteiger charge is -2.01. The molecular formula is C17H14FN5O3S2. The largest absolute Gasteiger partial charge is 0.369 e. The highest BCUT2D eigenvalue weighted by molar-refractivity contribution is 7.14. The zero-order valence-corrected chi connectivity index (χ0v) is 15.9. The number of halogens is 1. The SMILES string of the molecule is NC(=O)Cc1csc(NC(=O)Cc2csc(NC(=O)c3ccc(F)cc3)n2)n1. The number of hydrogen-bond acceptors (Lipinski definition) is 7. The van der Waals surface area contributed by atoms with Gasteiger partial charge >= 0.3 is 0 Å². The lowest BCUT2D eigenvalue weighted by molar-refractivity contribution is -0.117. The van der Waals surface area contributed by atoms with Crippen molar-refractivity contribution in [3.63, 3.8) is 0 Å². The van der Waals surface area contributed by atoms with E-state index in [9.17, 15) is 18.8 Å². The Balaban J connectivity index is 1.54. The standard InChI is InChI=1S/C17H14FN5O3S2/c18-10-3-1-9(2-4-10)15(26)23-17-21-12(8-28-17)6-14(25)22-16-20-11(7-27-16)5-13(19)24/h1-4,7-8H,5-6H2,(H2,19,24)(H,20,22,25)(H,21,23,26). The highest BCUT2D eigenvalue weighted by Crippen LogP contribution is 2.19. The van der Waals surface area contributed by atoms with Crippen molar-refractivity contribution in [3.8, 4) is 0 Å². The fourth-order valence-electron chi connectivity index (χ4n) is 2.17. The maximum Gasteiger partial charge on any atom is 0.257 e. The van der Waals surface area contributed by atoms with Gasteiger partial charge < -0.3 is 11.1 Å². The quantitative estimate of drug-likeness (QED) is 0.541. The van der Waals surface area contributed by atoms with Crippen LogP contribution in [-0.2, 0) is 22.4 Å². The predicted octanol–water partition coefficient (Wildman–Crippen LogP) is 2.20. The highest BCUT2D eigenvalue weighted by atomic mass is 32.1. The number of aromatic nitrogens is 2. The summed E-state index contributed by atoms with van der Waals surface area (Å²) in [6.07, 6.45) is 0.00320. The van der Waals surface area contributed by atoms with Crippen LogP contribution >= 0.6 is 22.7 Å². The van der Waals surface area contributed by atoms with Gasteiger partial charge in [-0.1, -0.05) is 0 Å². The van der Waals surface area contributed by atoms with Gasteiger partial charge in [-0.25, -0.2) is 14.4 Å². The molecule has 3 rings (SSSR count). The molecule has 2 aromatic heterocycles. The zero-order chi connectivity index (χ0) is 20.1. The van der Waals surface area contributed by atoms with Gasteiger partial charge in [0.05, 0.1) is 24.2 Å². The van der Waals surface area contributed by atoms with Crippen molar-refractivity contribution in [2.24, 2.45) is 5.73 Å². The van der Waals surface area contributed by atoms with Gasteiger partial charge in [0.15, 0.2) is 10.3 Å². The van der Waals surface area contributed by atoms with Crippen molar-refractivity contribution in [1.29, 1.82) is 0 Å². The van der Waals surface area contributed by atoms with Gasteiger partial charge in [-0.05, 0) is 24.3 Å². The normalized spacial score (nSPS) is 10.5. The summed E-state index contributed by atoms with van der Waals surface area (Å²) in [4.78, 5) is 43.4. The topological polar surface area (TPSA) is 127 Å². The first-order valence-corrected chi connectivity index (χ1v) is 9.69. The second kappa shape index (κ2) is 8.67. The first-order valence-electron chi connectivity index (χ1n) is 7.93. The molecule has 0 aliphatic rings. The predicted molar refractivity (Wildman–Crippen MR) is 104 cm³/mol. The minimum atomic E-state index is -0.499. The van der Waals surface area contributed by atoms with E-state index >= 15 is 0 Å². The number of thiazole rings is 2. The van der Waals surface area contributed by atoms with Crippen molar-refractivity contribution >= 4 is 50.7 Å². The molecule has 0 saturated heterocycles. The summed E-state index contributed by atoms with van der Waals surface area (Å²) in [5.41, 5.74) is 6.37. The molecule has 0 fully saturated rings. The van der Waals surface area contributed by atoms with Gasteiger partial charge in [0, 0.05) is 16.3 Å². The Labute approximate surface area is 166 Å². The third kappa shape index (κ3) is 5.41. The second-order valence-electron chi connectivity index (χ2n) is 5.62. The summed E-state index contributed by atoms with van der Waals surface area (Å²) in [7, 11) is 0. The van der Waals surface area contributed by atoms with Crippen LogP contribution in [0, 0.1) is 5.82 Å². The molecule has 0 unspecified atom stereocenters. The van der Waals surface area contributed by atoms with Crippen LogP contribution in [0.25, 0.3) is 0 Å². The molecule has 0 aliphatic carbocycles. The molecule has 4 N–H and O–H groups in total. The molecule has 1 aromatic carbocycles. The van der Waals surface area contributed by atoms with E-state index in [1.54, 1.807) is 10.8 Å². The van der Waals surface area contributed by atoms with Gasteiger partial charge in [0.25, 0.3) is 5.91 Å². The average Bonchev–Trinajstić information content (AvgIpc) is 3.24. The van der Waals surface area contributed by atoms with Gasteiger partial charge in [-0.15, -0.1) is 22.7 Å². The average molecular weight is 419 g/mol. The molecule has 2 heterocycles. The Morgan fingerprint density at radius 1 is 0.929 bits per heavy atom. The number of primary amides is 1. The Bertz CT molecular complexity index is 1020. The number of nitrogens with two attached hydrogens (primary N) is 1. The molecular weight excluding hydrogens is 405 g/mol. The van der Waals surface area contributed by atoms with Crippen LogP contribution in [0.15, 0.2) is 35.0 Å². The molecule has 11 heteroatoms. The minimum absolute atomic E-state index is 0.00630. The molecule has 28 heavy (non-hydrogen) atoms. The lowest BCUT2D eigenvalue weighted by Crippen LogP contribution is -2.16. The van der Waals surface area contributed by atoms with Crippen LogP contribution in [0.3, 0.4) is 0 Å². The number of carbonyl (C=O) groups excluding carboxylic acids is 3. The number of anilines is 2. The van der Waals surface area contributed by atoms with Gasteiger partial charge in [0.2, 0.25) is 11.8 Å². The van der Waals surface area contributed by atoms with Gasteiger partial charge in [0.1, 0.15) is 5.82 Å². The van der Waals surface area contributed by atoms with Gasteiger partial charge in [-0.3, -0.25) is 19.7 Å². The van der Waals surface area contributed by atoms with Crippen LogP contribution in [0.5, 0.6) is 0 Å². The molecule has 0 spiro atoms. The summed E-state index contributed by atoms with van der Waals surface area (Å²) in [5.74, 6) is -1.68. The number of amides is 3. The molecule has 3 amide bonds. The number of carbonyl (C=O) groups is 3. The van der Waals surface area contributed by atoms with Crippen LogP contribution in [0.1, 0.15) is 21.7 Å². The van der Waals surface area contributed by atoms with E-state index in [-0.39, 0.29) is 18.7 Å². The van der Waals surface area contributed by atoms with E-state index in [4.69, 9.17) is 5.73 Å². The third-order valence-corrected chi connectivity index (χ3v) is 4.99. The zero-order valence-electron chi connectivity index (χ0n) is 14.3. The van der Waals surface area contributed by atoms with Crippen LogP contribution in [0.4, 0.5) is 14.7 Å². The molecule has 144 valence electrons. The summed E-state index contributed by atoms with van der Waals surface area (Å²) in [5, 5.41) is 9.22. The first kappa shape index (κ1) is 19.6. The minimum Gasteiger partial charge on any atom is -0.369 e. The van der Waals surface area contributed by atoms with Crippen molar-refractivity contribution in [1.82, 2.24) is 9.97 Å². The highest BCUT2D eigenvalue weighted by Gasteiger charge is 2.13. The number of hydrogen-bond donors (Lipinski definition) is 3. The van der Waals surface area contributed by atoms with Crippen LogP contribution in [-0.4, -0.2) is 27.7 Å². The van der Waals surface area contributed by atoms with E-state index in [0.29, 0.717) is 27.2 Å². The third-order valence-electron chi connectivity index (χ3n) is 3.37. The summed E-state index contributed by atoms with van der Waals surface area (Å²) in [6, 6.07) is 5.13. The van der Waals surface area contributed by atoms with E-state index < -0.39 is 17.6 Å². The molecule has 0 saturated carbocycles. The maximum absolute atomic E-state index is 12.9. The van der Waals surface area contributed by atoms with Crippen LogP contribution in [0.2, 0.25) is 0 Å². The van der Waals surface area contributed by atoms with Crippen molar-refractivity contribution in [2.75, 3.05) is 10.6 Å². The Kier molecular flexibility index (Phi) is 6.06. The number of rotatable bonds is 7. The lowest BCUT2D eigenvalue weighted by atomic mass is 10.2.